The molecular weight excluding hydrogens is 252 g/mol. The highest BCUT2D eigenvalue weighted by molar-refractivity contribution is 6.32. The van der Waals surface area contributed by atoms with E-state index in [0.29, 0.717) is 23.2 Å². The molecule has 0 aliphatic carbocycles. The Morgan fingerprint density at radius 1 is 1.44 bits per heavy atom. The van der Waals surface area contributed by atoms with Crippen molar-refractivity contribution in [3.8, 4) is 5.69 Å². The van der Waals surface area contributed by atoms with Crippen LogP contribution in [0.2, 0.25) is 5.02 Å². The van der Waals surface area contributed by atoms with Gasteiger partial charge >= 0.3 is 5.69 Å². The maximum atomic E-state index is 11.9. The van der Waals surface area contributed by atoms with E-state index >= 15 is 0 Å². The summed E-state index contributed by atoms with van der Waals surface area (Å²) in [4.78, 5) is 19.9. The summed E-state index contributed by atoms with van der Waals surface area (Å²) < 4.78 is 1.35. The summed E-state index contributed by atoms with van der Waals surface area (Å²) in [6.07, 6.45) is 1.43. The van der Waals surface area contributed by atoms with Crippen molar-refractivity contribution >= 4 is 17.5 Å². The molecule has 0 fully saturated rings. The van der Waals surface area contributed by atoms with Crippen LogP contribution < -0.4 is 11.0 Å². The molecule has 0 saturated heterocycles. The largest absolute Gasteiger partial charge is 0.356 e. The second-order valence-electron chi connectivity index (χ2n) is 3.77. The van der Waals surface area contributed by atoms with Crippen molar-refractivity contribution in [2.75, 3.05) is 11.9 Å². The van der Waals surface area contributed by atoms with E-state index < -0.39 is 5.69 Å². The predicted molar refractivity (Wildman–Crippen MR) is 71.5 cm³/mol. The van der Waals surface area contributed by atoms with Crippen molar-refractivity contribution in [3.05, 3.63) is 45.6 Å². The Labute approximate surface area is 109 Å². The molecule has 18 heavy (non-hydrogen) atoms. The van der Waals surface area contributed by atoms with Crippen LogP contribution in [0.1, 0.15) is 12.5 Å². The van der Waals surface area contributed by atoms with Gasteiger partial charge in [-0.2, -0.15) is 4.98 Å². The van der Waals surface area contributed by atoms with Crippen LogP contribution >= 0.6 is 11.6 Å². The number of nitrogens with zero attached hydrogens (tertiary/aromatic N) is 3. The van der Waals surface area contributed by atoms with Gasteiger partial charge in [0.1, 0.15) is 6.33 Å². The zero-order valence-corrected chi connectivity index (χ0v) is 10.9. The van der Waals surface area contributed by atoms with Crippen LogP contribution in [0.5, 0.6) is 0 Å². The summed E-state index contributed by atoms with van der Waals surface area (Å²) in [5.74, 6) is 0.323. The molecule has 1 N–H and O–H groups in total. The van der Waals surface area contributed by atoms with E-state index in [0.717, 1.165) is 5.56 Å². The fraction of sp³-hybridized carbons (Fsp3) is 0.250. The summed E-state index contributed by atoms with van der Waals surface area (Å²) in [6.45, 7) is 4.45. The quantitative estimate of drug-likeness (QED) is 0.921. The highest BCUT2D eigenvalue weighted by atomic mass is 35.5. The second kappa shape index (κ2) is 5.18. The third-order valence-electron chi connectivity index (χ3n) is 2.47. The van der Waals surface area contributed by atoms with Gasteiger partial charge in [0.15, 0.2) is 0 Å². The normalized spacial score (nSPS) is 10.4. The minimum atomic E-state index is -0.405. The molecule has 5 nitrogen and oxygen atoms in total. The van der Waals surface area contributed by atoms with Crippen LogP contribution in [0.25, 0.3) is 5.69 Å². The zero-order chi connectivity index (χ0) is 13.1. The lowest BCUT2D eigenvalue weighted by Gasteiger charge is -2.10. The molecule has 0 aliphatic heterocycles. The van der Waals surface area contributed by atoms with Crippen molar-refractivity contribution in [2.24, 2.45) is 0 Å². The number of hydrogen-bond donors (Lipinski definition) is 1. The number of aryl methyl sites for hydroxylation is 1. The van der Waals surface area contributed by atoms with Gasteiger partial charge in [-0.3, -0.25) is 0 Å². The maximum Gasteiger partial charge on any atom is 0.356 e. The molecule has 2 rings (SSSR count). The van der Waals surface area contributed by atoms with E-state index in [2.05, 4.69) is 15.3 Å². The SMILES string of the molecule is CCNc1ncn(-c2c(C)cccc2Cl)c(=O)n1. The van der Waals surface area contributed by atoms with Crippen molar-refractivity contribution in [2.45, 2.75) is 13.8 Å². The van der Waals surface area contributed by atoms with Crippen LogP contribution in [0.15, 0.2) is 29.3 Å². The second-order valence-corrected chi connectivity index (χ2v) is 4.18. The van der Waals surface area contributed by atoms with E-state index in [4.69, 9.17) is 11.6 Å². The van der Waals surface area contributed by atoms with E-state index in [9.17, 15) is 4.79 Å². The lowest BCUT2D eigenvalue weighted by Crippen LogP contribution is -2.24. The fourth-order valence-electron chi connectivity index (χ4n) is 1.66. The molecule has 0 spiro atoms. The first-order valence-electron chi connectivity index (χ1n) is 5.58. The number of halogens is 1. The summed E-state index contributed by atoms with van der Waals surface area (Å²) in [5, 5.41) is 3.38. The van der Waals surface area contributed by atoms with Gasteiger partial charge in [-0.05, 0) is 25.5 Å². The third-order valence-corrected chi connectivity index (χ3v) is 2.77. The number of para-hydroxylation sites is 1. The molecule has 1 aromatic carbocycles. The number of anilines is 1. The topological polar surface area (TPSA) is 59.8 Å². The Kier molecular flexibility index (Phi) is 3.62. The standard InChI is InChI=1S/C12H13ClN4O/c1-3-14-11-15-7-17(12(18)16-11)10-8(2)5-4-6-9(10)13/h4-7H,3H2,1-2H3,(H,14,16,18). The smallest absolute Gasteiger partial charge is 0.354 e. The van der Waals surface area contributed by atoms with Crippen LogP contribution in [-0.2, 0) is 0 Å². The molecule has 0 unspecified atom stereocenters. The molecule has 2 aromatic rings. The Morgan fingerprint density at radius 3 is 2.83 bits per heavy atom. The molecule has 1 aromatic heterocycles. The third kappa shape index (κ3) is 2.36. The molecular formula is C12H13ClN4O. The van der Waals surface area contributed by atoms with E-state index in [-0.39, 0.29) is 0 Å². The van der Waals surface area contributed by atoms with Gasteiger partial charge in [-0.25, -0.2) is 14.3 Å². The first-order valence-corrected chi connectivity index (χ1v) is 5.96. The molecule has 0 amide bonds. The number of hydrogen-bond acceptors (Lipinski definition) is 4. The Balaban J connectivity index is 2.55. The number of rotatable bonds is 3. The molecule has 0 atom stereocenters. The number of nitrogens with one attached hydrogen (secondary N) is 1. The molecule has 94 valence electrons. The number of aromatic nitrogens is 3. The number of benzene rings is 1. The zero-order valence-electron chi connectivity index (χ0n) is 10.1. The first kappa shape index (κ1) is 12.6. The minimum Gasteiger partial charge on any atom is -0.354 e. The van der Waals surface area contributed by atoms with Crippen molar-refractivity contribution < 1.29 is 0 Å². The average molecular weight is 265 g/mol. The summed E-state index contributed by atoms with van der Waals surface area (Å²) >= 11 is 6.11. The van der Waals surface area contributed by atoms with Gasteiger partial charge in [0.25, 0.3) is 0 Å². The average Bonchev–Trinajstić information content (AvgIpc) is 2.32. The molecule has 6 heteroatoms. The highest BCUT2D eigenvalue weighted by Crippen LogP contribution is 2.22. The van der Waals surface area contributed by atoms with Gasteiger partial charge < -0.3 is 5.32 Å². The minimum absolute atomic E-state index is 0.323. The van der Waals surface area contributed by atoms with Crippen LogP contribution in [0, 0.1) is 6.92 Å². The van der Waals surface area contributed by atoms with Crippen LogP contribution in [0.4, 0.5) is 5.95 Å². The van der Waals surface area contributed by atoms with Gasteiger partial charge in [0.2, 0.25) is 5.95 Å². The predicted octanol–water partition coefficient (Wildman–Crippen LogP) is 2.02. The highest BCUT2D eigenvalue weighted by Gasteiger charge is 2.09. The molecule has 1 heterocycles. The Hall–Kier alpha value is -1.88. The lowest BCUT2D eigenvalue weighted by molar-refractivity contribution is 0.852. The summed E-state index contributed by atoms with van der Waals surface area (Å²) in [7, 11) is 0. The van der Waals surface area contributed by atoms with E-state index in [1.165, 1.54) is 10.9 Å². The summed E-state index contributed by atoms with van der Waals surface area (Å²) in [5.41, 5.74) is 1.11. The van der Waals surface area contributed by atoms with Crippen molar-refractivity contribution in [1.29, 1.82) is 0 Å². The van der Waals surface area contributed by atoms with Gasteiger partial charge in [-0.1, -0.05) is 23.7 Å². The van der Waals surface area contributed by atoms with Gasteiger partial charge in [-0.15, -0.1) is 0 Å². The molecule has 0 saturated carbocycles. The van der Waals surface area contributed by atoms with E-state index in [1.54, 1.807) is 6.07 Å². The first-order chi connectivity index (χ1) is 8.63. The van der Waals surface area contributed by atoms with Gasteiger partial charge in [0.05, 0.1) is 10.7 Å². The van der Waals surface area contributed by atoms with Crippen molar-refractivity contribution in [3.63, 3.8) is 0 Å². The summed E-state index contributed by atoms with van der Waals surface area (Å²) in [6, 6.07) is 5.44. The van der Waals surface area contributed by atoms with E-state index in [1.807, 2.05) is 26.0 Å². The molecule has 0 radical (unpaired) electrons. The molecule has 0 bridgehead atoms. The lowest BCUT2D eigenvalue weighted by atomic mass is 10.2. The van der Waals surface area contributed by atoms with Crippen LogP contribution in [0.3, 0.4) is 0 Å². The Bertz CT molecular complexity index is 603. The van der Waals surface area contributed by atoms with Crippen molar-refractivity contribution in [1.82, 2.24) is 14.5 Å². The maximum absolute atomic E-state index is 11.9. The Morgan fingerprint density at radius 2 is 2.22 bits per heavy atom. The van der Waals surface area contributed by atoms with Crippen LogP contribution in [-0.4, -0.2) is 21.1 Å². The fourth-order valence-corrected chi connectivity index (χ4v) is 1.97. The molecule has 0 aliphatic rings. The monoisotopic (exact) mass is 264 g/mol. The van der Waals surface area contributed by atoms with Gasteiger partial charge in [0, 0.05) is 6.54 Å².